The van der Waals surface area contributed by atoms with Crippen molar-refractivity contribution in [3.05, 3.63) is 71.7 Å². The Balaban J connectivity index is 1.25. The van der Waals surface area contributed by atoms with Crippen LogP contribution in [0.4, 0.5) is 17.6 Å². The standard InChI is InChI=1S/C23H14F4N4O2/c24-18-4-2-14(8-17(18)23(25,26)27)19-5-3-15(10-29-19)32-12-16-11-31-21-6-1-13(9-28)7-20(21)30-22(31)33-16/h1-8,10,16H,11-12H2/t16-/m0/s1. The Morgan fingerprint density at radius 2 is 2.00 bits per heavy atom. The summed E-state index contributed by atoms with van der Waals surface area (Å²) in [7, 11) is 0. The van der Waals surface area contributed by atoms with E-state index in [2.05, 4.69) is 16.0 Å². The van der Waals surface area contributed by atoms with Gasteiger partial charge in [-0.1, -0.05) is 0 Å². The molecule has 5 rings (SSSR count). The lowest BCUT2D eigenvalue weighted by atomic mass is 10.1. The zero-order valence-electron chi connectivity index (χ0n) is 16.8. The first-order chi connectivity index (χ1) is 15.8. The minimum Gasteiger partial charge on any atom is -0.488 e. The van der Waals surface area contributed by atoms with E-state index in [0.717, 1.165) is 17.6 Å². The van der Waals surface area contributed by atoms with E-state index in [1.165, 1.54) is 18.3 Å². The second kappa shape index (κ2) is 7.78. The molecule has 0 saturated carbocycles. The first-order valence-electron chi connectivity index (χ1n) is 9.85. The maximum atomic E-state index is 13.5. The summed E-state index contributed by atoms with van der Waals surface area (Å²) in [5, 5.41) is 9.00. The van der Waals surface area contributed by atoms with E-state index in [-0.39, 0.29) is 24.0 Å². The van der Waals surface area contributed by atoms with Gasteiger partial charge in [0.2, 0.25) is 0 Å². The Morgan fingerprint density at radius 3 is 2.73 bits per heavy atom. The SMILES string of the molecule is N#Cc1ccc2c(c1)nc1n2C[C@@H](COc2ccc(-c3ccc(F)c(C(F)(F)F)c3)nc2)O1. The van der Waals surface area contributed by atoms with Crippen LogP contribution in [0.2, 0.25) is 0 Å². The summed E-state index contributed by atoms with van der Waals surface area (Å²) in [6, 6.07) is 13.6. The molecular formula is C23H14F4N4O2. The molecule has 0 unspecified atom stereocenters. The number of benzene rings is 2. The molecule has 0 aliphatic carbocycles. The third-order valence-corrected chi connectivity index (χ3v) is 5.24. The van der Waals surface area contributed by atoms with Gasteiger partial charge in [-0.05, 0) is 48.5 Å². The van der Waals surface area contributed by atoms with Gasteiger partial charge in [0.1, 0.15) is 18.2 Å². The summed E-state index contributed by atoms with van der Waals surface area (Å²) in [5.74, 6) is -0.922. The van der Waals surface area contributed by atoms with E-state index in [4.69, 9.17) is 14.7 Å². The fourth-order valence-corrected chi connectivity index (χ4v) is 3.65. The van der Waals surface area contributed by atoms with Crippen LogP contribution >= 0.6 is 0 Å². The van der Waals surface area contributed by atoms with Crippen LogP contribution in [-0.4, -0.2) is 27.2 Å². The summed E-state index contributed by atoms with van der Waals surface area (Å²) < 4.78 is 65.8. The molecule has 1 aliphatic rings. The average molecular weight is 454 g/mol. The number of imidazole rings is 1. The number of fused-ring (bicyclic) bond motifs is 3. The predicted molar refractivity (Wildman–Crippen MR) is 109 cm³/mol. The summed E-state index contributed by atoms with van der Waals surface area (Å²) in [6.07, 6.45) is -3.70. The van der Waals surface area contributed by atoms with Crippen molar-refractivity contribution >= 4 is 11.0 Å². The van der Waals surface area contributed by atoms with Crippen molar-refractivity contribution < 1.29 is 27.0 Å². The molecular weight excluding hydrogens is 440 g/mol. The second-order valence-corrected chi connectivity index (χ2v) is 7.44. The lowest BCUT2D eigenvalue weighted by Gasteiger charge is -2.12. The molecule has 1 aliphatic heterocycles. The molecule has 0 bridgehead atoms. The van der Waals surface area contributed by atoms with E-state index >= 15 is 0 Å². The Bertz CT molecular complexity index is 1390. The van der Waals surface area contributed by atoms with Crippen molar-refractivity contribution in [1.82, 2.24) is 14.5 Å². The van der Waals surface area contributed by atoms with Gasteiger partial charge in [0.15, 0.2) is 6.10 Å². The van der Waals surface area contributed by atoms with Gasteiger partial charge in [-0.15, -0.1) is 0 Å². The normalized spacial score (nSPS) is 15.2. The van der Waals surface area contributed by atoms with Crippen LogP contribution in [0.25, 0.3) is 22.3 Å². The van der Waals surface area contributed by atoms with Crippen LogP contribution in [0.5, 0.6) is 11.8 Å². The van der Waals surface area contributed by atoms with E-state index in [1.807, 2.05) is 10.6 Å². The number of halogens is 4. The highest BCUT2D eigenvalue weighted by molar-refractivity contribution is 5.78. The summed E-state index contributed by atoms with van der Waals surface area (Å²) in [5.41, 5.74) is 1.12. The molecule has 0 N–H and O–H groups in total. The monoisotopic (exact) mass is 454 g/mol. The van der Waals surface area contributed by atoms with Gasteiger partial charge in [-0.2, -0.15) is 23.4 Å². The largest absolute Gasteiger partial charge is 0.488 e. The first kappa shape index (κ1) is 20.8. The molecule has 0 fully saturated rings. The number of aromatic nitrogens is 3. The van der Waals surface area contributed by atoms with Gasteiger partial charge < -0.3 is 9.47 Å². The molecule has 10 heteroatoms. The van der Waals surface area contributed by atoms with Crippen molar-refractivity contribution in [2.24, 2.45) is 0 Å². The third-order valence-electron chi connectivity index (χ3n) is 5.24. The van der Waals surface area contributed by atoms with Gasteiger partial charge >= 0.3 is 6.18 Å². The zero-order chi connectivity index (χ0) is 23.2. The van der Waals surface area contributed by atoms with E-state index < -0.39 is 17.6 Å². The van der Waals surface area contributed by atoms with Crippen molar-refractivity contribution in [3.8, 4) is 29.1 Å². The quantitative estimate of drug-likeness (QED) is 0.407. The van der Waals surface area contributed by atoms with Crippen LogP contribution in [0.3, 0.4) is 0 Å². The first-order valence-corrected chi connectivity index (χ1v) is 9.85. The Kier molecular flexibility index (Phi) is 4.89. The molecule has 0 saturated heterocycles. The van der Waals surface area contributed by atoms with Crippen LogP contribution in [-0.2, 0) is 12.7 Å². The number of nitriles is 1. The van der Waals surface area contributed by atoms with E-state index in [9.17, 15) is 17.6 Å². The molecule has 2 aromatic heterocycles. The van der Waals surface area contributed by atoms with Crippen molar-refractivity contribution in [1.29, 1.82) is 5.26 Å². The van der Waals surface area contributed by atoms with Gasteiger partial charge in [0.25, 0.3) is 6.01 Å². The van der Waals surface area contributed by atoms with Gasteiger partial charge in [0.05, 0.1) is 46.7 Å². The van der Waals surface area contributed by atoms with Gasteiger partial charge in [-0.25, -0.2) is 4.39 Å². The zero-order valence-corrected chi connectivity index (χ0v) is 16.8. The minimum absolute atomic E-state index is 0.145. The molecule has 4 aromatic rings. The Labute approximate surface area is 184 Å². The molecule has 1 atom stereocenters. The van der Waals surface area contributed by atoms with Gasteiger partial charge in [-0.3, -0.25) is 9.55 Å². The average Bonchev–Trinajstić information content (AvgIpc) is 3.34. The van der Waals surface area contributed by atoms with Crippen LogP contribution < -0.4 is 9.47 Å². The minimum atomic E-state index is -4.79. The van der Waals surface area contributed by atoms with Crippen molar-refractivity contribution in [2.45, 2.75) is 18.8 Å². The number of rotatable bonds is 4. The number of nitrogens with zero attached hydrogens (tertiary/aromatic N) is 4. The summed E-state index contributed by atoms with van der Waals surface area (Å²) in [6.45, 7) is 0.718. The molecule has 3 heterocycles. The highest BCUT2D eigenvalue weighted by atomic mass is 19.4. The second-order valence-electron chi connectivity index (χ2n) is 7.44. The lowest BCUT2D eigenvalue weighted by molar-refractivity contribution is -0.139. The van der Waals surface area contributed by atoms with Crippen molar-refractivity contribution in [3.63, 3.8) is 0 Å². The Hall–Kier alpha value is -4.13. The third kappa shape index (κ3) is 3.93. The van der Waals surface area contributed by atoms with Crippen molar-refractivity contribution in [2.75, 3.05) is 6.61 Å². The number of alkyl halides is 3. The molecule has 2 aromatic carbocycles. The molecule has 166 valence electrons. The fraction of sp³-hybridized carbons (Fsp3) is 0.174. The predicted octanol–water partition coefficient (Wildman–Crippen LogP) is 4.97. The smallest absolute Gasteiger partial charge is 0.419 e. The number of hydrogen-bond acceptors (Lipinski definition) is 5. The van der Waals surface area contributed by atoms with E-state index in [1.54, 1.807) is 18.2 Å². The van der Waals surface area contributed by atoms with Crippen LogP contribution in [0, 0.1) is 17.1 Å². The maximum Gasteiger partial charge on any atom is 0.419 e. The van der Waals surface area contributed by atoms with E-state index in [0.29, 0.717) is 29.4 Å². The number of ether oxygens (including phenoxy) is 2. The molecule has 33 heavy (non-hydrogen) atoms. The molecule has 0 radical (unpaired) electrons. The van der Waals surface area contributed by atoms with Crippen LogP contribution in [0.15, 0.2) is 54.7 Å². The fourth-order valence-electron chi connectivity index (χ4n) is 3.65. The van der Waals surface area contributed by atoms with Gasteiger partial charge in [0, 0.05) is 5.56 Å². The topological polar surface area (TPSA) is 73.0 Å². The summed E-state index contributed by atoms with van der Waals surface area (Å²) >= 11 is 0. The lowest BCUT2D eigenvalue weighted by Crippen LogP contribution is -2.23. The summed E-state index contributed by atoms with van der Waals surface area (Å²) in [4.78, 5) is 8.53. The highest BCUT2D eigenvalue weighted by Gasteiger charge is 2.34. The Morgan fingerprint density at radius 1 is 1.15 bits per heavy atom. The number of hydrogen-bond donors (Lipinski definition) is 0. The number of pyridine rings is 1. The molecule has 0 amide bonds. The van der Waals surface area contributed by atoms with Crippen LogP contribution in [0.1, 0.15) is 11.1 Å². The molecule has 6 nitrogen and oxygen atoms in total. The highest BCUT2D eigenvalue weighted by Crippen LogP contribution is 2.34. The maximum absolute atomic E-state index is 13.5. The molecule has 0 spiro atoms.